The summed E-state index contributed by atoms with van der Waals surface area (Å²) in [6.45, 7) is 6.47. The van der Waals surface area contributed by atoms with Gasteiger partial charge in [0.1, 0.15) is 5.75 Å². The van der Waals surface area contributed by atoms with Gasteiger partial charge in [0.15, 0.2) is 0 Å². The summed E-state index contributed by atoms with van der Waals surface area (Å²) in [5.41, 5.74) is 0. The van der Waals surface area contributed by atoms with Gasteiger partial charge < -0.3 is 10.1 Å². The molecule has 16 heavy (non-hydrogen) atoms. The van der Waals surface area contributed by atoms with Gasteiger partial charge in [0.25, 0.3) is 0 Å². The van der Waals surface area contributed by atoms with Gasteiger partial charge in [-0.3, -0.25) is 4.98 Å². The van der Waals surface area contributed by atoms with Crippen LogP contribution in [0.5, 0.6) is 5.75 Å². The van der Waals surface area contributed by atoms with Crippen LogP contribution in [0.2, 0.25) is 0 Å². The van der Waals surface area contributed by atoms with Crippen molar-refractivity contribution in [1.29, 1.82) is 0 Å². The van der Waals surface area contributed by atoms with E-state index in [1.54, 1.807) is 12.4 Å². The Kier molecular flexibility index (Phi) is 6.58. The molecule has 1 rings (SSSR count). The van der Waals surface area contributed by atoms with Gasteiger partial charge >= 0.3 is 0 Å². The average molecular weight is 222 g/mol. The fraction of sp³-hybridized carbons (Fsp3) is 0.615. The van der Waals surface area contributed by atoms with Crippen LogP contribution in [-0.4, -0.2) is 24.2 Å². The second kappa shape index (κ2) is 8.11. The molecule has 0 saturated carbocycles. The van der Waals surface area contributed by atoms with E-state index in [-0.39, 0.29) is 6.10 Å². The topological polar surface area (TPSA) is 34.1 Å². The quantitative estimate of drug-likeness (QED) is 0.687. The van der Waals surface area contributed by atoms with Crippen LogP contribution in [0, 0.1) is 0 Å². The summed E-state index contributed by atoms with van der Waals surface area (Å²) in [6, 6.07) is 3.84. The van der Waals surface area contributed by atoms with Crippen molar-refractivity contribution in [2.24, 2.45) is 0 Å². The smallest absolute Gasteiger partial charge is 0.137 e. The van der Waals surface area contributed by atoms with Gasteiger partial charge in [0.05, 0.1) is 12.3 Å². The third-order valence-corrected chi connectivity index (χ3v) is 2.36. The third kappa shape index (κ3) is 5.71. The van der Waals surface area contributed by atoms with Crippen molar-refractivity contribution in [3.8, 4) is 5.75 Å². The van der Waals surface area contributed by atoms with E-state index >= 15 is 0 Å². The van der Waals surface area contributed by atoms with Crippen LogP contribution in [0.3, 0.4) is 0 Å². The minimum atomic E-state index is 0.257. The van der Waals surface area contributed by atoms with Crippen molar-refractivity contribution >= 4 is 0 Å². The monoisotopic (exact) mass is 222 g/mol. The van der Waals surface area contributed by atoms with Gasteiger partial charge in [0, 0.05) is 6.20 Å². The Labute approximate surface area is 98.2 Å². The molecule has 3 nitrogen and oxygen atoms in total. The van der Waals surface area contributed by atoms with E-state index in [2.05, 4.69) is 24.1 Å². The first-order valence-corrected chi connectivity index (χ1v) is 6.10. The Morgan fingerprint density at radius 3 is 3.00 bits per heavy atom. The van der Waals surface area contributed by atoms with Crippen molar-refractivity contribution in [1.82, 2.24) is 10.3 Å². The molecule has 0 aliphatic heterocycles. The predicted octanol–water partition coefficient (Wildman–Crippen LogP) is 2.63. The number of hydrogen-bond donors (Lipinski definition) is 1. The van der Waals surface area contributed by atoms with Crippen LogP contribution in [-0.2, 0) is 0 Å². The number of ether oxygens (including phenoxy) is 1. The maximum Gasteiger partial charge on any atom is 0.137 e. The zero-order chi connectivity index (χ0) is 11.6. The van der Waals surface area contributed by atoms with Crippen molar-refractivity contribution in [2.75, 3.05) is 13.1 Å². The SMILES string of the molecule is CCCNCCCC(C)Oc1cccnc1. The van der Waals surface area contributed by atoms with Crippen molar-refractivity contribution < 1.29 is 4.74 Å². The van der Waals surface area contributed by atoms with Crippen molar-refractivity contribution in [2.45, 2.75) is 39.2 Å². The molecule has 0 amide bonds. The maximum atomic E-state index is 5.73. The zero-order valence-corrected chi connectivity index (χ0v) is 10.3. The van der Waals surface area contributed by atoms with Gasteiger partial charge in [0.2, 0.25) is 0 Å². The van der Waals surface area contributed by atoms with E-state index in [1.165, 1.54) is 6.42 Å². The highest BCUT2D eigenvalue weighted by molar-refractivity contribution is 5.15. The third-order valence-electron chi connectivity index (χ3n) is 2.36. The second-order valence-electron chi connectivity index (χ2n) is 4.01. The first-order chi connectivity index (χ1) is 7.83. The summed E-state index contributed by atoms with van der Waals surface area (Å²) in [5, 5.41) is 3.39. The normalized spacial score (nSPS) is 12.4. The minimum Gasteiger partial charge on any atom is -0.489 e. The lowest BCUT2D eigenvalue weighted by atomic mass is 10.2. The molecule has 1 aromatic rings. The number of nitrogens with zero attached hydrogens (tertiary/aromatic N) is 1. The lowest BCUT2D eigenvalue weighted by Gasteiger charge is -2.14. The number of hydrogen-bond acceptors (Lipinski definition) is 3. The van der Waals surface area contributed by atoms with Crippen LogP contribution in [0.25, 0.3) is 0 Å². The molecule has 0 saturated heterocycles. The fourth-order valence-corrected chi connectivity index (χ4v) is 1.52. The number of rotatable bonds is 8. The lowest BCUT2D eigenvalue weighted by molar-refractivity contribution is 0.207. The van der Waals surface area contributed by atoms with E-state index in [4.69, 9.17) is 4.74 Å². The Balaban J connectivity index is 2.09. The highest BCUT2D eigenvalue weighted by atomic mass is 16.5. The summed E-state index contributed by atoms with van der Waals surface area (Å²) in [7, 11) is 0. The standard InChI is InChI=1S/C13H22N2O/c1-3-8-14-9-4-6-12(2)16-13-7-5-10-15-11-13/h5,7,10-12,14H,3-4,6,8-9H2,1-2H3. The Morgan fingerprint density at radius 2 is 2.31 bits per heavy atom. The van der Waals surface area contributed by atoms with E-state index in [9.17, 15) is 0 Å². The van der Waals surface area contributed by atoms with E-state index in [1.807, 2.05) is 12.1 Å². The largest absolute Gasteiger partial charge is 0.489 e. The number of nitrogens with one attached hydrogen (secondary N) is 1. The molecule has 0 bridgehead atoms. The van der Waals surface area contributed by atoms with Crippen LogP contribution in [0.1, 0.15) is 33.1 Å². The van der Waals surface area contributed by atoms with Crippen molar-refractivity contribution in [3.05, 3.63) is 24.5 Å². The fourth-order valence-electron chi connectivity index (χ4n) is 1.52. The van der Waals surface area contributed by atoms with Gasteiger partial charge in [-0.05, 0) is 51.4 Å². The molecule has 1 atom stereocenters. The summed E-state index contributed by atoms with van der Waals surface area (Å²) >= 11 is 0. The van der Waals surface area contributed by atoms with Gasteiger partial charge in [-0.15, -0.1) is 0 Å². The molecule has 0 aromatic carbocycles. The molecule has 1 heterocycles. The Bertz CT molecular complexity index is 264. The molecular formula is C13H22N2O. The van der Waals surface area contributed by atoms with Crippen LogP contribution >= 0.6 is 0 Å². The number of pyridine rings is 1. The molecule has 0 fully saturated rings. The van der Waals surface area contributed by atoms with Gasteiger partial charge in [-0.2, -0.15) is 0 Å². The zero-order valence-electron chi connectivity index (χ0n) is 10.3. The summed E-state index contributed by atoms with van der Waals surface area (Å²) in [5.74, 6) is 0.858. The van der Waals surface area contributed by atoms with E-state index < -0.39 is 0 Å². The summed E-state index contributed by atoms with van der Waals surface area (Å²) in [6.07, 6.45) is 7.19. The molecule has 1 aromatic heterocycles. The second-order valence-corrected chi connectivity index (χ2v) is 4.01. The molecule has 0 aliphatic rings. The molecule has 3 heteroatoms. The first-order valence-electron chi connectivity index (χ1n) is 6.10. The molecule has 1 N–H and O–H groups in total. The maximum absolute atomic E-state index is 5.73. The average Bonchev–Trinajstić information content (AvgIpc) is 2.30. The summed E-state index contributed by atoms with van der Waals surface area (Å²) in [4.78, 5) is 4.02. The Hall–Kier alpha value is -1.09. The minimum absolute atomic E-state index is 0.257. The number of aromatic nitrogens is 1. The molecule has 90 valence electrons. The van der Waals surface area contributed by atoms with Crippen LogP contribution in [0.15, 0.2) is 24.5 Å². The highest BCUT2D eigenvalue weighted by Crippen LogP contribution is 2.11. The van der Waals surface area contributed by atoms with E-state index in [0.717, 1.165) is 31.7 Å². The molecular weight excluding hydrogens is 200 g/mol. The highest BCUT2D eigenvalue weighted by Gasteiger charge is 2.03. The van der Waals surface area contributed by atoms with Crippen LogP contribution in [0.4, 0.5) is 0 Å². The molecule has 0 spiro atoms. The molecule has 0 aliphatic carbocycles. The van der Waals surface area contributed by atoms with Crippen molar-refractivity contribution in [3.63, 3.8) is 0 Å². The predicted molar refractivity (Wildman–Crippen MR) is 66.7 cm³/mol. The van der Waals surface area contributed by atoms with Crippen LogP contribution < -0.4 is 10.1 Å². The van der Waals surface area contributed by atoms with E-state index in [0.29, 0.717) is 0 Å². The Morgan fingerprint density at radius 1 is 1.44 bits per heavy atom. The first kappa shape index (κ1) is 13.0. The van der Waals surface area contributed by atoms with Gasteiger partial charge in [-0.1, -0.05) is 6.92 Å². The summed E-state index contributed by atoms with van der Waals surface area (Å²) < 4.78 is 5.73. The molecule has 0 radical (unpaired) electrons. The lowest BCUT2D eigenvalue weighted by Crippen LogP contribution is -2.19. The molecule has 1 unspecified atom stereocenters. The van der Waals surface area contributed by atoms with Gasteiger partial charge in [-0.25, -0.2) is 0 Å².